The molecule has 98 valence electrons. The molecule has 0 saturated heterocycles. The van der Waals surface area contributed by atoms with Crippen molar-refractivity contribution >= 4 is 17.1 Å². The molecule has 2 heterocycles. The molecule has 2 N–H and O–H groups in total. The minimum Gasteiger partial charge on any atom is -0.481 e. The number of rotatable bonds is 2. The highest BCUT2D eigenvalue weighted by molar-refractivity contribution is 5.77. The number of anilines is 1. The first kappa shape index (κ1) is 12.0. The van der Waals surface area contributed by atoms with Crippen molar-refractivity contribution in [1.82, 2.24) is 14.5 Å². The van der Waals surface area contributed by atoms with Crippen LogP contribution in [0.3, 0.4) is 0 Å². The summed E-state index contributed by atoms with van der Waals surface area (Å²) in [6.45, 7) is 0. The zero-order chi connectivity index (χ0) is 14.1. The zero-order valence-corrected chi connectivity index (χ0v) is 10.7. The van der Waals surface area contributed by atoms with Crippen LogP contribution >= 0.6 is 0 Å². The van der Waals surface area contributed by atoms with Gasteiger partial charge in [0, 0.05) is 6.07 Å². The van der Waals surface area contributed by atoms with E-state index in [1.165, 1.54) is 0 Å². The van der Waals surface area contributed by atoms with Crippen LogP contribution in [0.5, 0.6) is 5.88 Å². The second-order valence-electron chi connectivity index (χ2n) is 4.16. The molecule has 0 amide bonds. The summed E-state index contributed by atoms with van der Waals surface area (Å²) in [4.78, 5) is 8.63. The van der Waals surface area contributed by atoms with Gasteiger partial charge in [-0.2, -0.15) is 10.2 Å². The number of aromatic nitrogens is 3. The molecule has 0 aliphatic carbocycles. The molecule has 6 nitrogen and oxygen atoms in total. The maximum absolute atomic E-state index is 8.83. The number of benzene rings is 1. The Kier molecular flexibility index (Phi) is 2.73. The third-order valence-electron chi connectivity index (χ3n) is 2.97. The van der Waals surface area contributed by atoms with Gasteiger partial charge >= 0.3 is 0 Å². The average Bonchev–Trinajstić information content (AvgIpc) is 2.82. The van der Waals surface area contributed by atoms with E-state index in [0.717, 1.165) is 5.69 Å². The van der Waals surface area contributed by atoms with Crippen LogP contribution in [0.1, 0.15) is 5.56 Å². The topological polar surface area (TPSA) is 89.8 Å². The molecule has 0 fully saturated rings. The van der Waals surface area contributed by atoms with Crippen LogP contribution in [0.2, 0.25) is 0 Å². The standard InChI is InChI=1S/C14H11N5O/c1-20-12-7-6-11-13(18-12)19(14(16)17-11)10-4-2-9(8-15)3-5-10/h2-7H,1H3,(H2,16,17). The second kappa shape index (κ2) is 4.55. The third-order valence-corrected chi connectivity index (χ3v) is 2.97. The lowest BCUT2D eigenvalue weighted by Crippen LogP contribution is -2.01. The second-order valence-corrected chi connectivity index (χ2v) is 4.16. The highest BCUT2D eigenvalue weighted by atomic mass is 16.5. The van der Waals surface area contributed by atoms with E-state index in [1.54, 1.807) is 48.1 Å². The lowest BCUT2D eigenvalue weighted by molar-refractivity contribution is 0.399. The van der Waals surface area contributed by atoms with Gasteiger partial charge in [-0.1, -0.05) is 0 Å². The van der Waals surface area contributed by atoms with Crippen molar-refractivity contribution in [3.05, 3.63) is 42.0 Å². The van der Waals surface area contributed by atoms with Gasteiger partial charge in [0.2, 0.25) is 11.8 Å². The molecule has 0 spiro atoms. The van der Waals surface area contributed by atoms with Crippen LogP contribution in [-0.4, -0.2) is 21.6 Å². The number of nitriles is 1. The predicted octanol–water partition coefficient (Wildman–Crippen LogP) is 1.88. The summed E-state index contributed by atoms with van der Waals surface area (Å²) in [5.41, 5.74) is 8.64. The number of nitrogens with zero attached hydrogens (tertiary/aromatic N) is 4. The number of hydrogen-bond acceptors (Lipinski definition) is 5. The Morgan fingerprint density at radius 3 is 2.55 bits per heavy atom. The number of hydrogen-bond donors (Lipinski definition) is 1. The van der Waals surface area contributed by atoms with E-state index in [2.05, 4.69) is 16.0 Å². The van der Waals surface area contributed by atoms with Crippen LogP contribution in [0, 0.1) is 11.3 Å². The molecule has 0 radical (unpaired) electrons. The normalized spacial score (nSPS) is 10.4. The van der Waals surface area contributed by atoms with E-state index in [-0.39, 0.29) is 0 Å². The van der Waals surface area contributed by atoms with Gasteiger partial charge in [0.25, 0.3) is 0 Å². The number of pyridine rings is 1. The summed E-state index contributed by atoms with van der Waals surface area (Å²) in [7, 11) is 1.56. The van der Waals surface area contributed by atoms with Crippen molar-refractivity contribution in [3.8, 4) is 17.6 Å². The highest BCUT2D eigenvalue weighted by Gasteiger charge is 2.12. The Bertz CT molecular complexity index is 814. The van der Waals surface area contributed by atoms with Crippen LogP contribution in [0.15, 0.2) is 36.4 Å². The predicted molar refractivity (Wildman–Crippen MR) is 74.5 cm³/mol. The Labute approximate surface area is 115 Å². The molecule has 3 aromatic rings. The van der Waals surface area contributed by atoms with Gasteiger partial charge < -0.3 is 10.5 Å². The van der Waals surface area contributed by atoms with Crippen LogP contribution in [0.4, 0.5) is 5.95 Å². The van der Waals surface area contributed by atoms with E-state index in [0.29, 0.717) is 28.6 Å². The molecule has 2 aromatic heterocycles. The molecule has 0 atom stereocenters. The number of imidazole rings is 1. The number of nitrogen functional groups attached to an aromatic ring is 1. The fourth-order valence-electron chi connectivity index (χ4n) is 2.01. The van der Waals surface area contributed by atoms with Gasteiger partial charge in [0.05, 0.1) is 24.4 Å². The van der Waals surface area contributed by atoms with Gasteiger partial charge in [-0.05, 0) is 30.3 Å². The van der Waals surface area contributed by atoms with Crippen LogP contribution in [-0.2, 0) is 0 Å². The molecule has 0 aliphatic heterocycles. The Morgan fingerprint density at radius 1 is 1.15 bits per heavy atom. The molecule has 3 rings (SSSR count). The van der Waals surface area contributed by atoms with Crippen LogP contribution in [0.25, 0.3) is 16.9 Å². The molecule has 0 unspecified atom stereocenters. The maximum atomic E-state index is 8.83. The molecule has 6 heteroatoms. The minimum atomic E-state index is 0.338. The number of fused-ring (bicyclic) bond motifs is 1. The molecular formula is C14H11N5O. The largest absolute Gasteiger partial charge is 0.481 e. The lowest BCUT2D eigenvalue weighted by atomic mass is 10.2. The quantitative estimate of drug-likeness (QED) is 0.764. The molecule has 0 saturated carbocycles. The summed E-state index contributed by atoms with van der Waals surface area (Å²) in [6.07, 6.45) is 0. The molecule has 1 aromatic carbocycles. The van der Waals surface area contributed by atoms with Crippen molar-refractivity contribution < 1.29 is 4.74 Å². The van der Waals surface area contributed by atoms with E-state index in [9.17, 15) is 0 Å². The van der Waals surface area contributed by atoms with Crippen molar-refractivity contribution in [2.45, 2.75) is 0 Å². The van der Waals surface area contributed by atoms with Gasteiger partial charge in [-0.3, -0.25) is 4.57 Å². The Morgan fingerprint density at radius 2 is 1.90 bits per heavy atom. The fourth-order valence-corrected chi connectivity index (χ4v) is 2.01. The molecule has 20 heavy (non-hydrogen) atoms. The van der Waals surface area contributed by atoms with Gasteiger partial charge in [0.1, 0.15) is 5.52 Å². The Hall–Kier alpha value is -3.07. The molecule has 0 bridgehead atoms. The van der Waals surface area contributed by atoms with Crippen LogP contribution < -0.4 is 10.5 Å². The average molecular weight is 265 g/mol. The number of nitrogens with two attached hydrogens (primary N) is 1. The van der Waals surface area contributed by atoms with E-state index in [1.807, 2.05) is 0 Å². The van der Waals surface area contributed by atoms with Crippen molar-refractivity contribution in [2.75, 3.05) is 12.8 Å². The minimum absolute atomic E-state index is 0.338. The summed E-state index contributed by atoms with van der Waals surface area (Å²) in [5, 5.41) is 8.83. The maximum Gasteiger partial charge on any atom is 0.215 e. The van der Waals surface area contributed by atoms with Gasteiger partial charge in [0.15, 0.2) is 5.65 Å². The first-order valence-corrected chi connectivity index (χ1v) is 5.92. The highest BCUT2D eigenvalue weighted by Crippen LogP contribution is 2.23. The number of ether oxygens (including phenoxy) is 1. The zero-order valence-electron chi connectivity index (χ0n) is 10.7. The fraction of sp³-hybridized carbons (Fsp3) is 0.0714. The monoisotopic (exact) mass is 265 g/mol. The number of methoxy groups -OCH3 is 1. The van der Waals surface area contributed by atoms with E-state index < -0.39 is 0 Å². The summed E-state index contributed by atoms with van der Waals surface area (Å²) in [5.74, 6) is 0.831. The van der Waals surface area contributed by atoms with Crippen molar-refractivity contribution in [3.63, 3.8) is 0 Å². The van der Waals surface area contributed by atoms with Gasteiger partial charge in [-0.25, -0.2) is 4.98 Å². The summed E-state index contributed by atoms with van der Waals surface area (Å²) < 4.78 is 6.84. The Balaban J connectivity index is 2.23. The first-order valence-electron chi connectivity index (χ1n) is 5.92. The SMILES string of the molecule is COc1ccc2nc(N)n(-c3ccc(C#N)cc3)c2n1. The van der Waals surface area contributed by atoms with E-state index >= 15 is 0 Å². The summed E-state index contributed by atoms with van der Waals surface area (Å²) >= 11 is 0. The van der Waals surface area contributed by atoms with Crippen molar-refractivity contribution in [2.24, 2.45) is 0 Å². The smallest absolute Gasteiger partial charge is 0.215 e. The van der Waals surface area contributed by atoms with E-state index in [4.69, 9.17) is 15.7 Å². The third kappa shape index (κ3) is 1.82. The first-order chi connectivity index (χ1) is 9.72. The van der Waals surface area contributed by atoms with Crippen molar-refractivity contribution in [1.29, 1.82) is 5.26 Å². The van der Waals surface area contributed by atoms with Gasteiger partial charge in [-0.15, -0.1) is 0 Å². The molecular weight excluding hydrogens is 254 g/mol. The molecule has 0 aliphatic rings. The summed E-state index contributed by atoms with van der Waals surface area (Å²) in [6, 6.07) is 12.7. The lowest BCUT2D eigenvalue weighted by Gasteiger charge is -2.06.